The van der Waals surface area contributed by atoms with E-state index in [-0.39, 0.29) is 11.5 Å². The van der Waals surface area contributed by atoms with Crippen molar-refractivity contribution in [2.75, 3.05) is 19.0 Å². The molecule has 1 N–H and O–H groups in total. The topological polar surface area (TPSA) is 77.3 Å². The van der Waals surface area contributed by atoms with Gasteiger partial charge in [-0.05, 0) is 43.0 Å². The molecule has 0 radical (unpaired) electrons. The number of hydrogen-bond donors (Lipinski definition) is 1. The number of halogens is 1. The third-order valence-electron chi connectivity index (χ3n) is 4.35. The Morgan fingerprint density at radius 1 is 1.36 bits per heavy atom. The quantitative estimate of drug-likeness (QED) is 0.410. The van der Waals surface area contributed by atoms with Gasteiger partial charge in [0.05, 0.1) is 22.6 Å². The van der Waals surface area contributed by atoms with Gasteiger partial charge in [0.25, 0.3) is 0 Å². The molecule has 1 heterocycles. The van der Waals surface area contributed by atoms with Gasteiger partial charge in [-0.15, -0.1) is 0 Å². The third kappa shape index (κ3) is 4.20. The number of aromatic nitrogens is 1. The Balaban J connectivity index is 1.87. The van der Waals surface area contributed by atoms with Crippen LogP contribution in [0.15, 0.2) is 30.5 Å². The van der Waals surface area contributed by atoms with E-state index in [1.165, 1.54) is 12.8 Å². The molecule has 1 aliphatic rings. The number of rotatable bonds is 8. The van der Waals surface area contributed by atoms with Gasteiger partial charge in [0.2, 0.25) is 5.82 Å². The number of nitrogens with one attached hydrogen (secondary N) is 1. The predicted octanol–water partition coefficient (Wildman–Crippen LogP) is 4.92. The Morgan fingerprint density at radius 3 is 2.80 bits per heavy atom. The first-order chi connectivity index (χ1) is 12.1. The maximum atomic E-state index is 11.7. The number of pyridine rings is 1. The molecule has 0 spiro atoms. The molecule has 1 fully saturated rings. The van der Waals surface area contributed by atoms with E-state index in [1.54, 1.807) is 37.6 Å². The predicted molar refractivity (Wildman–Crippen MR) is 98.3 cm³/mol. The average Bonchev–Trinajstić information content (AvgIpc) is 3.42. The summed E-state index contributed by atoms with van der Waals surface area (Å²) in [5.74, 6) is 1.73. The Hall–Kier alpha value is -2.34. The highest BCUT2D eigenvalue weighted by Gasteiger charge is 2.24. The van der Waals surface area contributed by atoms with Crippen LogP contribution >= 0.6 is 11.6 Å². The van der Waals surface area contributed by atoms with E-state index in [0.717, 1.165) is 18.8 Å². The zero-order valence-corrected chi connectivity index (χ0v) is 14.8. The fraction of sp³-hybridized carbons (Fsp3) is 0.389. The van der Waals surface area contributed by atoms with Gasteiger partial charge in [-0.25, -0.2) is 4.98 Å². The molecule has 0 unspecified atom stereocenters. The summed E-state index contributed by atoms with van der Waals surface area (Å²) in [6, 6.07) is 6.71. The molecule has 1 aromatic heterocycles. The minimum Gasteiger partial charge on any atom is -0.497 e. The van der Waals surface area contributed by atoms with E-state index in [2.05, 4.69) is 10.3 Å². The van der Waals surface area contributed by atoms with E-state index in [4.69, 9.17) is 16.3 Å². The molecule has 1 aromatic carbocycles. The Morgan fingerprint density at radius 2 is 2.16 bits per heavy atom. The molecule has 6 nitrogen and oxygen atoms in total. The number of methoxy groups -OCH3 is 1. The fourth-order valence-electron chi connectivity index (χ4n) is 2.83. The number of ether oxygens (including phenoxy) is 1. The standard InChI is InChI=1S/C18H20ClN3O3/c1-25-13-6-7-14(16(19)11-13)15-8-10-21-18(17(15)22(23)24)20-9-2-3-12-4-5-12/h6-8,10-12H,2-5,9H2,1H3,(H,20,21). The molecular weight excluding hydrogens is 342 g/mol. The van der Waals surface area contributed by atoms with Crippen LogP contribution in [0, 0.1) is 16.0 Å². The Labute approximate surface area is 151 Å². The van der Waals surface area contributed by atoms with Crippen molar-refractivity contribution in [3.8, 4) is 16.9 Å². The van der Waals surface area contributed by atoms with Crippen LogP contribution in [-0.2, 0) is 0 Å². The zero-order chi connectivity index (χ0) is 17.8. The lowest BCUT2D eigenvalue weighted by Gasteiger charge is -2.11. The van der Waals surface area contributed by atoms with Gasteiger partial charge in [0.1, 0.15) is 5.75 Å². The van der Waals surface area contributed by atoms with Crippen molar-refractivity contribution in [3.05, 3.63) is 45.6 Å². The van der Waals surface area contributed by atoms with Gasteiger partial charge in [-0.2, -0.15) is 0 Å². The van der Waals surface area contributed by atoms with Crippen LogP contribution in [0.2, 0.25) is 5.02 Å². The molecule has 1 saturated carbocycles. The number of anilines is 1. The smallest absolute Gasteiger partial charge is 0.319 e. The number of nitro groups is 1. The van der Waals surface area contributed by atoms with Crippen molar-refractivity contribution in [3.63, 3.8) is 0 Å². The van der Waals surface area contributed by atoms with Gasteiger partial charge in [-0.1, -0.05) is 24.4 Å². The maximum Gasteiger partial charge on any atom is 0.319 e. The van der Waals surface area contributed by atoms with Gasteiger partial charge in [-0.3, -0.25) is 10.1 Å². The highest BCUT2D eigenvalue weighted by atomic mass is 35.5. The molecule has 0 bridgehead atoms. The molecule has 0 saturated heterocycles. The van der Waals surface area contributed by atoms with Crippen LogP contribution in [0.4, 0.5) is 11.5 Å². The van der Waals surface area contributed by atoms with Crippen molar-refractivity contribution in [2.45, 2.75) is 25.7 Å². The summed E-state index contributed by atoms with van der Waals surface area (Å²) in [7, 11) is 1.55. The summed E-state index contributed by atoms with van der Waals surface area (Å²) in [6.07, 6.45) is 6.32. The molecule has 25 heavy (non-hydrogen) atoms. The summed E-state index contributed by atoms with van der Waals surface area (Å²) in [4.78, 5) is 15.4. The normalized spacial score (nSPS) is 13.5. The fourth-order valence-corrected chi connectivity index (χ4v) is 3.10. The average molecular weight is 362 g/mol. The van der Waals surface area contributed by atoms with Crippen molar-refractivity contribution >= 4 is 23.1 Å². The molecule has 7 heteroatoms. The van der Waals surface area contributed by atoms with Crippen LogP contribution in [0.5, 0.6) is 5.75 Å². The Bertz CT molecular complexity index is 778. The molecule has 0 aliphatic heterocycles. The van der Waals surface area contributed by atoms with Crippen molar-refractivity contribution < 1.29 is 9.66 Å². The number of hydrogen-bond acceptors (Lipinski definition) is 5. The first-order valence-corrected chi connectivity index (χ1v) is 8.69. The third-order valence-corrected chi connectivity index (χ3v) is 4.66. The van der Waals surface area contributed by atoms with E-state index in [1.807, 2.05) is 0 Å². The Kier molecular flexibility index (Phi) is 5.38. The monoisotopic (exact) mass is 361 g/mol. The minimum absolute atomic E-state index is 0.0546. The maximum absolute atomic E-state index is 11.7. The molecule has 0 amide bonds. The lowest BCUT2D eigenvalue weighted by molar-refractivity contribution is -0.383. The van der Waals surface area contributed by atoms with Crippen LogP contribution in [0.1, 0.15) is 25.7 Å². The van der Waals surface area contributed by atoms with E-state index < -0.39 is 4.92 Å². The minimum atomic E-state index is -0.411. The second-order valence-corrected chi connectivity index (χ2v) is 6.58. The summed E-state index contributed by atoms with van der Waals surface area (Å²) in [5, 5.41) is 15.2. The van der Waals surface area contributed by atoms with Gasteiger partial charge in [0, 0.05) is 18.3 Å². The van der Waals surface area contributed by atoms with Crippen molar-refractivity contribution in [2.24, 2.45) is 5.92 Å². The molecular formula is C18H20ClN3O3. The zero-order valence-electron chi connectivity index (χ0n) is 14.0. The number of nitrogens with zero attached hydrogens (tertiary/aromatic N) is 2. The van der Waals surface area contributed by atoms with E-state index in [0.29, 0.717) is 28.4 Å². The highest BCUT2D eigenvalue weighted by Crippen LogP contribution is 2.39. The van der Waals surface area contributed by atoms with Gasteiger partial charge >= 0.3 is 5.69 Å². The molecule has 132 valence electrons. The lowest BCUT2D eigenvalue weighted by Crippen LogP contribution is -2.07. The molecule has 0 atom stereocenters. The second kappa shape index (κ2) is 7.70. The number of benzene rings is 1. The first-order valence-electron chi connectivity index (χ1n) is 8.31. The molecule has 3 rings (SSSR count). The van der Waals surface area contributed by atoms with E-state index >= 15 is 0 Å². The molecule has 2 aromatic rings. The summed E-state index contributed by atoms with van der Waals surface area (Å²) >= 11 is 6.30. The summed E-state index contributed by atoms with van der Waals surface area (Å²) in [5.41, 5.74) is 0.968. The molecule has 1 aliphatic carbocycles. The highest BCUT2D eigenvalue weighted by molar-refractivity contribution is 6.33. The van der Waals surface area contributed by atoms with Gasteiger partial charge < -0.3 is 10.1 Å². The van der Waals surface area contributed by atoms with Crippen LogP contribution in [0.3, 0.4) is 0 Å². The first kappa shape index (κ1) is 17.5. The lowest BCUT2D eigenvalue weighted by atomic mass is 10.0. The van der Waals surface area contributed by atoms with Crippen molar-refractivity contribution in [1.82, 2.24) is 4.98 Å². The van der Waals surface area contributed by atoms with Crippen LogP contribution in [-0.4, -0.2) is 23.6 Å². The summed E-state index contributed by atoms with van der Waals surface area (Å²) in [6.45, 7) is 0.671. The van der Waals surface area contributed by atoms with Crippen LogP contribution < -0.4 is 10.1 Å². The van der Waals surface area contributed by atoms with Crippen molar-refractivity contribution in [1.29, 1.82) is 0 Å². The van der Waals surface area contributed by atoms with E-state index in [9.17, 15) is 10.1 Å². The van der Waals surface area contributed by atoms with Crippen LogP contribution in [0.25, 0.3) is 11.1 Å². The SMILES string of the molecule is COc1ccc(-c2ccnc(NCCCC3CC3)c2[N+](=O)[O-])c(Cl)c1. The largest absolute Gasteiger partial charge is 0.497 e. The van der Waals surface area contributed by atoms with Gasteiger partial charge in [0.15, 0.2) is 0 Å². The summed E-state index contributed by atoms with van der Waals surface area (Å²) < 4.78 is 5.13. The second-order valence-electron chi connectivity index (χ2n) is 6.17.